The van der Waals surface area contributed by atoms with Gasteiger partial charge in [-0.3, -0.25) is 0 Å². The van der Waals surface area contributed by atoms with E-state index in [4.69, 9.17) is 16.9 Å². The van der Waals surface area contributed by atoms with Gasteiger partial charge in [0, 0.05) is 18.1 Å². The number of nitrogens with one attached hydrogen (secondary N) is 2. The van der Waals surface area contributed by atoms with Gasteiger partial charge in [0.1, 0.15) is 6.07 Å². The molecule has 0 aromatic heterocycles. The van der Waals surface area contributed by atoms with Crippen molar-refractivity contribution in [2.45, 2.75) is 19.8 Å². The largest absolute Gasteiger partial charge is 0.383 e. The fourth-order valence-corrected chi connectivity index (χ4v) is 2.51. The molecule has 0 bridgehead atoms. The predicted molar refractivity (Wildman–Crippen MR) is 74.9 cm³/mol. The molecule has 1 aliphatic rings. The summed E-state index contributed by atoms with van der Waals surface area (Å²) in [6.45, 7) is 5.25. The van der Waals surface area contributed by atoms with Crippen molar-refractivity contribution in [2.75, 3.05) is 25.0 Å². The molecular weight excluding hydrogens is 246 g/mol. The van der Waals surface area contributed by atoms with Crippen LogP contribution in [0, 0.1) is 16.7 Å². The minimum absolute atomic E-state index is 0.243. The van der Waals surface area contributed by atoms with E-state index < -0.39 is 0 Å². The monoisotopic (exact) mass is 263 g/mol. The average Bonchev–Trinajstić information content (AvgIpc) is 2.38. The van der Waals surface area contributed by atoms with E-state index in [-0.39, 0.29) is 5.41 Å². The van der Waals surface area contributed by atoms with Crippen LogP contribution >= 0.6 is 11.6 Å². The maximum atomic E-state index is 9.07. The normalized spacial score (nSPS) is 23.4. The summed E-state index contributed by atoms with van der Waals surface area (Å²) >= 11 is 5.97. The van der Waals surface area contributed by atoms with Crippen molar-refractivity contribution < 1.29 is 0 Å². The molecule has 1 aromatic carbocycles. The van der Waals surface area contributed by atoms with Crippen LogP contribution < -0.4 is 10.6 Å². The lowest BCUT2D eigenvalue weighted by atomic mass is 9.82. The maximum absolute atomic E-state index is 9.07. The van der Waals surface area contributed by atoms with Crippen molar-refractivity contribution in [2.24, 2.45) is 5.41 Å². The molecule has 18 heavy (non-hydrogen) atoms. The van der Waals surface area contributed by atoms with E-state index >= 15 is 0 Å². The highest BCUT2D eigenvalue weighted by molar-refractivity contribution is 6.30. The van der Waals surface area contributed by atoms with Crippen LogP contribution in [-0.4, -0.2) is 19.6 Å². The van der Waals surface area contributed by atoms with Gasteiger partial charge in [0.05, 0.1) is 11.3 Å². The first kappa shape index (κ1) is 13.2. The number of benzene rings is 1. The van der Waals surface area contributed by atoms with Crippen LogP contribution in [-0.2, 0) is 0 Å². The number of anilines is 1. The Morgan fingerprint density at radius 2 is 2.39 bits per heavy atom. The molecular formula is C14H18ClN3. The molecule has 1 aromatic rings. The van der Waals surface area contributed by atoms with Gasteiger partial charge in [-0.15, -0.1) is 0 Å². The summed E-state index contributed by atoms with van der Waals surface area (Å²) in [6.07, 6.45) is 2.41. The first-order valence-electron chi connectivity index (χ1n) is 6.27. The minimum atomic E-state index is 0.243. The Morgan fingerprint density at radius 1 is 1.56 bits per heavy atom. The van der Waals surface area contributed by atoms with Crippen molar-refractivity contribution >= 4 is 17.3 Å². The van der Waals surface area contributed by atoms with Crippen LogP contribution in [0.15, 0.2) is 18.2 Å². The Hall–Kier alpha value is -1.24. The molecule has 1 heterocycles. The fourth-order valence-electron chi connectivity index (χ4n) is 2.34. The highest BCUT2D eigenvalue weighted by atomic mass is 35.5. The van der Waals surface area contributed by atoms with Gasteiger partial charge in [0.25, 0.3) is 0 Å². The van der Waals surface area contributed by atoms with Crippen molar-refractivity contribution in [3.05, 3.63) is 28.8 Å². The molecule has 1 aliphatic heterocycles. The number of hydrogen-bond donors (Lipinski definition) is 2. The van der Waals surface area contributed by atoms with E-state index in [0.717, 1.165) is 25.3 Å². The Morgan fingerprint density at radius 3 is 3.06 bits per heavy atom. The van der Waals surface area contributed by atoms with Gasteiger partial charge in [-0.05, 0) is 43.0 Å². The Balaban J connectivity index is 2.05. The van der Waals surface area contributed by atoms with E-state index in [2.05, 4.69) is 23.6 Å². The van der Waals surface area contributed by atoms with Crippen LogP contribution in [0.5, 0.6) is 0 Å². The van der Waals surface area contributed by atoms with Crippen LogP contribution in [0.1, 0.15) is 25.3 Å². The van der Waals surface area contributed by atoms with Gasteiger partial charge in [0.15, 0.2) is 0 Å². The van der Waals surface area contributed by atoms with E-state index in [1.54, 1.807) is 12.1 Å². The summed E-state index contributed by atoms with van der Waals surface area (Å²) in [5.74, 6) is 0. The zero-order valence-corrected chi connectivity index (χ0v) is 11.3. The van der Waals surface area contributed by atoms with Gasteiger partial charge in [0.2, 0.25) is 0 Å². The van der Waals surface area contributed by atoms with E-state index in [1.165, 1.54) is 12.8 Å². The minimum Gasteiger partial charge on any atom is -0.383 e. The second-order valence-electron chi connectivity index (χ2n) is 5.25. The van der Waals surface area contributed by atoms with Crippen LogP contribution in [0.3, 0.4) is 0 Å². The summed E-state index contributed by atoms with van der Waals surface area (Å²) in [6, 6.07) is 7.51. The lowest BCUT2D eigenvalue weighted by molar-refractivity contribution is 0.253. The number of nitrogens with zero attached hydrogens (tertiary/aromatic N) is 1. The molecule has 0 amide bonds. The van der Waals surface area contributed by atoms with E-state index in [9.17, 15) is 0 Å². The Kier molecular flexibility index (Phi) is 4.11. The maximum Gasteiger partial charge on any atom is 0.101 e. The van der Waals surface area contributed by atoms with Crippen molar-refractivity contribution in [3.8, 4) is 6.07 Å². The van der Waals surface area contributed by atoms with Crippen molar-refractivity contribution in [1.82, 2.24) is 5.32 Å². The van der Waals surface area contributed by atoms with Crippen LogP contribution in [0.25, 0.3) is 0 Å². The molecule has 0 spiro atoms. The molecule has 0 saturated carbocycles. The average molecular weight is 264 g/mol. The standard InChI is InChI=1S/C14H18ClN3/c1-14(5-2-6-17-9-14)10-18-13-7-12(15)4-3-11(13)8-16/h3-4,7,17-18H,2,5-6,9-10H2,1H3. The molecule has 4 heteroatoms. The summed E-state index contributed by atoms with van der Waals surface area (Å²) in [5, 5.41) is 16.5. The third-order valence-corrected chi connectivity index (χ3v) is 3.73. The Labute approximate surface area is 113 Å². The molecule has 2 N–H and O–H groups in total. The molecule has 0 radical (unpaired) electrons. The predicted octanol–water partition coefficient (Wildman–Crippen LogP) is 3.01. The summed E-state index contributed by atoms with van der Waals surface area (Å²) in [5.41, 5.74) is 1.72. The van der Waals surface area contributed by atoms with Gasteiger partial charge in [-0.1, -0.05) is 18.5 Å². The second kappa shape index (κ2) is 5.60. The topological polar surface area (TPSA) is 47.9 Å². The fraction of sp³-hybridized carbons (Fsp3) is 0.500. The summed E-state index contributed by atoms with van der Waals surface area (Å²) in [4.78, 5) is 0. The molecule has 3 nitrogen and oxygen atoms in total. The van der Waals surface area contributed by atoms with E-state index in [1.807, 2.05) is 6.07 Å². The summed E-state index contributed by atoms with van der Waals surface area (Å²) < 4.78 is 0. The van der Waals surface area contributed by atoms with Crippen molar-refractivity contribution in [1.29, 1.82) is 5.26 Å². The van der Waals surface area contributed by atoms with Gasteiger partial charge >= 0.3 is 0 Å². The molecule has 1 atom stereocenters. The van der Waals surface area contributed by atoms with Gasteiger partial charge in [-0.2, -0.15) is 5.26 Å². The smallest absolute Gasteiger partial charge is 0.101 e. The number of rotatable bonds is 3. The van der Waals surface area contributed by atoms with Crippen LogP contribution in [0.2, 0.25) is 5.02 Å². The third kappa shape index (κ3) is 3.16. The molecule has 1 saturated heterocycles. The SMILES string of the molecule is CC1(CNc2cc(Cl)ccc2C#N)CCCNC1. The number of halogens is 1. The second-order valence-corrected chi connectivity index (χ2v) is 5.68. The molecule has 2 rings (SSSR count). The van der Waals surface area contributed by atoms with Crippen LogP contribution in [0.4, 0.5) is 5.69 Å². The Bertz CT molecular complexity index is 459. The molecule has 96 valence electrons. The lowest BCUT2D eigenvalue weighted by Crippen LogP contribution is -2.42. The quantitative estimate of drug-likeness (QED) is 0.881. The zero-order valence-electron chi connectivity index (χ0n) is 10.6. The van der Waals surface area contributed by atoms with Gasteiger partial charge in [-0.25, -0.2) is 0 Å². The lowest BCUT2D eigenvalue weighted by Gasteiger charge is -2.34. The summed E-state index contributed by atoms with van der Waals surface area (Å²) in [7, 11) is 0. The first-order valence-corrected chi connectivity index (χ1v) is 6.65. The number of hydrogen-bond acceptors (Lipinski definition) is 3. The van der Waals surface area contributed by atoms with Gasteiger partial charge < -0.3 is 10.6 Å². The zero-order chi connectivity index (χ0) is 13.0. The highest BCUT2D eigenvalue weighted by Gasteiger charge is 2.26. The highest BCUT2D eigenvalue weighted by Crippen LogP contribution is 2.27. The molecule has 1 fully saturated rings. The third-order valence-electron chi connectivity index (χ3n) is 3.49. The van der Waals surface area contributed by atoms with E-state index in [0.29, 0.717) is 10.6 Å². The number of piperidine rings is 1. The number of nitriles is 1. The first-order chi connectivity index (χ1) is 8.63. The molecule has 0 aliphatic carbocycles. The molecule has 1 unspecified atom stereocenters. The van der Waals surface area contributed by atoms with Crippen molar-refractivity contribution in [3.63, 3.8) is 0 Å².